The second-order valence-corrected chi connectivity index (χ2v) is 6.72. The van der Waals surface area contributed by atoms with Gasteiger partial charge >= 0.3 is 0 Å². The molecule has 0 heterocycles. The highest BCUT2D eigenvalue weighted by Crippen LogP contribution is 2.22. The fourth-order valence-electron chi connectivity index (χ4n) is 1.47. The highest BCUT2D eigenvalue weighted by molar-refractivity contribution is 7.89. The summed E-state index contributed by atoms with van der Waals surface area (Å²) >= 11 is 10.8. The third-order valence-electron chi connectivity index (χ3n) is 2.45. The molecule has 0 radical (unpaired) electrons. The molecule has 0 aliphatic heterocycles. The standard InChI is InChI=1S/C11H15ClN2O2S2/c1-3-6-14(2)18(15,16)8-4-5-9(11(13)17)10(12)7-8/h4-5,7H,3,6H2,1-2H3,(H2,13,17). The Bertz CT molecular complexity index is 558. The van der Waals surface area contributed by atoms with E-state index in [9.17, 15) is 8.42 Å². The van der Waals surface area contributed by atoms with E-state index < -0.39 is 10.0 Å². The van der Waals surface area contributed by atoms with Crippen LogP contribution in [0.4, 0.5) is 0 Å². The number of halogens is 1. The van der Waals surface area contributed by atoms with Gasteiger partial charge < -0.3 is 5.73 Å². The van der Waals surface area contributed by atoms with Crippen molar-refractivity contribution in [1.82, 2.24) is 4.31 Å². The van der Waals surface area contributed by atoms with Gasteiger partial charge in [-0.3, -0.25) is 0 Å². The summed E-state index contributed by atoms with van der Waals surface area (Å²) in [5.41, 5.74) is 5.94. The lowest BCUT2D eigenvalue weighted by atomic mass is 10.2. The van der Waals surface area contributed by atoms with Crippen LogP contribution in [-0.2, 0) is 10.0 Å². The predicted octanol–water partition coefficient (Wildman–Crippen LogP) is 2.00. The first-order valence-electron chi connectivity index (χ1n) is 5.36. The minimum absolute atomic E-state index is 0.142. The summed E-state index contributed by atoms with van der Waals surface area (Å²) in [4.78, 5) is 0.286. The molecular formula is C11H15ClN2O2S2. The number of sulfonamides is 1. The van der Waals surface area contributed by atoms with Crippen molar-refractivity contribution in [3.8, 4) is 0 Å². The molecule has 1 aromatic rings. The first kappa shape index (κ1) is 15.4. The quantitative estimate of drug-likeness (QED) is 0.845. The molecule has 4 nitrogen and oxygen atoms in total. The van der Waals surface area contributed by atoms with Crippen LogP contribution in [0.25, 0.3) is 0 Å². The monoisotopic (exact) mass is 306 g/mol. The van der Waals surface area contributed by atoms with Crippen molar-refractivity contribution in [2.24, 2.45) is 5.73 Å². The summed E-state index contributed by atoms with van der Waals surface area (Å²) in [6.45, 7) is 2.37. The zero-order valence-corrected chi connectivity index (χ0v) is 12.6. The Morgan fingerprint density at radius 3 is 2.56 bits per heavy atom. The minimum atomic E-state index is -3.50. The van der Waals surface area contributed by atoms with E-state index in [0.29, 0.717) is 12.1 Å². The molecule has 0 saturated carbocycles. The van der Waals surface area contributed by atoms with Crippen LogP contribution in [0.15, 0.2) is 23.1 Å². The molecule has 0 aliphatic carbocycles. The topological polar surface area (TPSA) is 63.4 Å². The Balaban J connectivity index is 3.19. The van der Waals surface area contributed by atoms with Crippen LogP contribution in [0, 0.1) is 0 Å². The molecule has 0 aromatic heterocycles. The van der Waals surface area contributed by atoms with Crippen molar-refractivity contribution in [3.63, 3.8) is 0 Å². The lowest BCUT2D eigenvalue weighted by molar-refractivity contribution is 0.468. The second-order valence-electron chi connectivity index (χ2n) is 3.83. The first-order chi connectivity index (χ1) is 8.30. The van der Waals surface area contributed by atoms with Gasteiger partial charge in [-0.25, -0.2) is 12.7 Å². The highest BCUT2D eigenvalue weighted by Gasteiger charge is 2.21. The van der Waals surface area contributed by atoms with Crippen molar-refractivity contribution in [3.05, 3.63) is 28.8 Å². The van der Waals surface area contributed by atoms with Gasteiger partial charge in [0.25, 0.3) is 0 Å². The number of hydrogen-bond acceptors (Lipinski definition) is 3. The molecule has 0 atom stereocenters. The SMILES string of the molecule is CCCN(C)S(=O)(=O)c1ccc(C(N)=S)c(Cl)c1. The fraction of sp³-hybridized carbons (Fsp3) is 0.364. The molecule has 1 rings (SSSR count). The lowest BCUT2D eigenvalue weighted by Gasteiger charge is -2.16. The highest BCUT2D eigenvalue weighted by atomic mass is 35.5. The summed E-state index contributed by atoms with van der Waals surface area (Å²) in [7, 11) is -1.97. The summed E-state index contributed by atoms with van der Waals surface area (Å²) < 4.78 is 25.6. The largest absolute Gasteiger partial charge is 0.389 e. The molecule has 7 heteroatoms. The van der Waals surface area contributed by atoms with Crippen molar-refractivity contribution in [2.45, 2.75) is 18.2 Å². The summed E-state index contributed by atoms with van der Waals surface area (Å²) in [5, 5.41) is 0.244. The summed E-state index contributed by atoms with van der Waals surface area (Å²) in [6, 6.07) is 4.36. The van der Waals surface area contributed by atoms with E-state index >= 15 is 0 Å². The molecule has 0 saturated heterocycles. The van der Waals surface area contributed by atoms with Gasteiger partial charge in [-0.1, -0.05) is 30.7 Å². The zero-order valence-electron chi connectivity index (χ0n) is 10.2. The molecule has 0 unspecified atom stereocenters. The van der Waals surface area contributed by atoms with E-state index in [2.05, 4.69) is 0 Å². The first-order valence-corrected chi connectivity index (χ1v) is 7.59. The Kier molecular flexibility index (Phi) is 5.10. The van der Waals surface area contributed by atoms with Crippen molar-refractivity contribution < 1.29 is 8.42 Å². The van der Waals surface area contributed by atoms with Crippen LogP contribution in [0.3, 0.4) is 0 Å². The van der Waals surface area contributed by atoms with Crippen LogP contribution in [0.1, 0.15) is 18.9 Å². The molecule has 1 aromatic carbocycles. The van der Waals surface area contributed by atoms with E-state index in [-0.39, 0.29) is 14.9 Å². The summed E-state index contributed by atoms with van der Waals surface area (Å²) in [6.07, 6.45) is 0.744. The Morgan fingerprint density at radius 2 is 2.11 bits per heavy atom. The molecular weight excluding hydrogens is 292 g/mol. The molecule has 0 aliphatic rings. The third kappa shape index (κ3) is 3.20. The van der Waals surface area contributed by atoms with Gasteiger partial charge in [0.05, 0.1) is 9.92 Å². The van der Waals surface area contributed by atoms with E-state index in [1.54, 1.807) is 0 Å². The van der Waals surface area contributed by atoms with Gasteiger partial charge in [0.2, 0.25) is 10.0 Å². The van der Waals surface area contributed by atoms with Crippen molar-refractivity contribution in [2.75, 3.05) is 13.6 Å². The van der Waals surface area contributed by atoms with Crippen LogP contribution in [0.5, 0.6) is 0 Å². The number of benzene rings is 1. The number of rotatable bonds is 5. The smallest absolute Gasteiger partial charge is 0.242 e. The molecule has 0 spiro atoms. The Labute approximate surface area is 118 Å². The van der Waals surface area contributed by atoms with E-state index in [0.717, 1.165) is 6.42 Å². The maximum absolute atomic E-state index is 12.2. The average molecular weight is 307 g/mol. The van der Waals surface area contributed by atoms with Gasteiger partial charge in [-0.05, 0) is 24.6 Å². The van der Waals surface area contributed by atoms with E-state index in [4.69, 9.17) is 29.6 Å². The van der Waals surface area contributed by atoms with Gasteiger partial charge in [-0.15, -0.1) is 0 Å². The number of thiocarbonyl (C=S) groups is 1. The fourth-order valence-corrected chi connectivity index (χ4v) is 3.34. The van der Waals surface area contributed by atoms with Crippen molar-refractivity contribution >= 4 is 38.8 Å². The second kappa shape index (κ2) is 5.97. The van der Waals surface area contributed by atoms with E-state index in [1.807, 2.05) is 6.92 Å². The van der Waals surface area contributed by atoms with Crippen LogP contribution in [-0.4, -0.2) is 31.3 Å². The summed E-state index contributed by atoms with van der Waals surface area (Å²) in [5.74, 6) is 0. The number of nitrogens with two attached hydrogens (primary N) is 1. The average Bonchev–Trinajstić information content (AvgIpc) is 2.28. The van der Waals surface area contributed by atoms with Crippen LogP contribution < -0.4 is 5.73 Å². The number of hydrogen-bond donors (Lipinski definition) is 1. The maximum Gasteiger partial charge on any atom is 0.242 e. The Hall–Kier alpha value is -0.690. The van der Waals surface area contributed by atoms with Crippen molar-refractivity contribution in [1.29, 1.82) is 0 Å². The Morgan fingerprint density at radius 1 is 1.50 bits per heavy atom. The minimum Gasteiger partial charge on any atom is -0.389 e. The zero-order chi connectivity index (χ0) is 13.9. The third-order valence-corrected chi connectivity index (χ3v) is 4.84. The predicted molar refractivity (Wildman–Crippen MR) is 77.4 cm³/mol. The molecule has 2 N–H and O–H groups in total. The number of nitrogens with zero attached hydrogens (tertiary/aromatic N) is 1. The van der Waals surface area contributed by atoms with E-state index in [1.165, 1.54) is 29.6 Å². The normalized spacial score (nSPS) is 11.8. The van der Waals surface area contributed by atoms with Gasteiger partial charge in [0.1, 0.15) is 4.99 Å². The van der Waals surface area contributed by atoms with Gasteiger partial charge in [0.15, 0.2) is 0 Å². The maximum atomic E-state index is 12.2. The van der Waals surface area contributed by atoms with Gasteiger partial charge in [-0.2, -0.15) is 0 Å². The molecule has 100 valence electrons. The molecule has 0 amide bonds. The molecule has 0 fully saturated rings. The molecule has 18 heavy (non-hydrogen) atoms. The molecule has 0 bridgehead atoms. The van der Waals surface area contributed by atoms with Crippen LogP contribution in [0.2, 0.25) is 5.02 Å². The van der Waals surface area contributed by atoms with Gasteiger partial charge in [0, 0.05) is 19.2 Å². The van der Waals surface area contributed by atoms with Crippen LogP contribution >= 0.6 is 23.8 Å². The lowest BCUT2D eigenvalue weighted by Crippen LogP contribution is -2.27.